The number of anilines is 2. The van der Waals surface area contributed by atoms with Crippen LogP contribution in [0.15, 0.2) is 42.5 Å². The largest absolute Gasteiger partial charge is 0.326 e. The van der Waals surface area contributed by atoms with Crippen LogP contribution in [0.5, 0.6) is 0 Å². The molecule has 5 nitrogen and oxygen atoms in total. The predicted octanol–water partition coefficient (Wildman–Crippen LogP) is 4.48. The lowest BCUT2D eigenvalue weighted by Gasteiger charge is -2.36. The molecule has 1 saturated carbocycles. The van der Waals surface area contributed by atoms with Gasteiger partial charge in [-0.2, -0.15) is 0 Å². The molecule has 2 fully saturated rings. The molecule has 0 bridgehead atoms. The fourth-order valence-corrected chi connectivity index (χ4v) is 3.69. The van der Waals surface area contributed by atoms with Crippen molar-refractivity contribution in [2.24, 2.45) is 5.92 Å². The fourth-order valence-electron chi connectivity index (χ4n) is 3.69. The Balaban J connectivity index is 1.49. The predicted molar refractivity (Wildman–Crippen MR) is 111 cm³/mol. The van der Waals surface area contributed by atoms with Crippen molar-refractivity contribution in [2.75, 3.05) is 23.3 Å². The summed E-state index contributed by atoms with van der Waals surface area (Å²) in [5, 5.41) is 2.97. The zero-order chi connectivity index (χ0) is 19.7. The van der Waals surface area contributed by atoms with Gasteiger partial charge in [0.1, 0.15) is 0 Å². The zero-order valence-corrected chi connectivity index (χ0v) is 16.6. The Kier molecular flexibility index (Phi) is 5.07. The van der Waals surface area contributed by atoms with E-state index in [0.29, 0.717) is 13.1 Å². The molecular formula is C23H27N3O2. The Hall–Kier alpha value is -2.82. The third kappa shape index (κ3) is 4.03. The van der Waals surface area contributed by atoms with Gasteiger partial charge in [0.05, 0.1) is 0 Å². The van der Waals surface area contributed by atoms with Gasteiger partial charge in [-0.25, -0.2) is 4.79 Å². The van der Waals surface area contributed by atoms with Gasteiger partial charge in [-0.15, -0.1) is 0 Å². The van der Waals surface area contributed by atoms with Crippen molar-refractivity contribution in [1.29, 1.82) is 0 Å². The van der Waals surface area contributed by atoms with Crippen LogP contribution in [0.4, 0.5) is 16.2 Å². The Labute approximate surface area is 166 Å². The van der Waals surface area contributed by atoms with E-state index < -0.39 is 0 Å². The van der Waals surface area contributed by atoms with E-state index in [9.17, 15) is 9.59 Å². The van der Waals surface area contributed by atoms with Gasteiger partial charge in [-0.1, -0.05) is 29.8 Å². The van der Waals surface area contributed by atoms with Crippen LogP contribution in [0.2, 0.25) is 0 Å². The minimum atomic E-state index is 0.0258. The average molecular weight is 377 g/mol. The van der Waals surface area contributed by atoms with Crippen molar-refractivity contribution in [3.8, 4) is 0 Å². The average Bonchev–Trinajstić information content (AvgIpc) is 3.52. The van der Waals surface area contributed by atoms with E-state index >= 15 is 0 Å². The van der Waals surface area contributed by atoms with Crippen molar-refractivity contribution in [3.05, 3.63) is 59.2 Å². The van der Waals surface area contributed by atoms with Crippen LogP contribution < -0.4 is 10.2 Å². The maximum atomic E-state index is 13.1. The summed E-state index contributed by atoms with van der Waals surface area (Å²) in [5.41, 5.74) is 5.21. The summed E-state index contributed by atoms with van der Waals surface area (Å²) in [4.78, 5) is 28.9. The van der Waals surface area contributed by atoms with Crippen LogP contribution in [0.25, 0.3) is 0 Å². The number of aryl methyl sites for hydroxylation is 2. The van der Waals surface area contributed by atoms with E-state index in [-0.39, 0.29) is 17.9 Å². The smallest absolute Gasteiger partial charge is 0.324 e. The molecule has 0 aromatic heterocycles. The second-order valence-corrected chi connectivity index (χ2v) is 7.95. The number of urea groups is 1. The van der Waals surface area contributed by atoms with Crippen LogP contribution >= 0.6 is 0 Å². The normalized spacial score (nSPS) is 17.0. The molecule has 3 amide bonds. The third-order valence-corrected chi connectivity index (χ3v) is 5.55. The molecule has 1 heterocycles. The van der Waals surface area contributed by atoms with Gasteiger partial charge in [-0.05, 0) is 62.4 Å². The highest BCUT2D eigenvalue weighted by Crippen LogP contribution is 2.31. The Morgan fingerprint density at radius 3 is 2.71 bits per heavy atom. The molecule has 2 aromatic carbocycles. The molecule has 2 aliphatic rings. The van der Waals surface area contributed by atoms with Crippen LogP contribution in [0.3, 0.4) is 0 Å². The SMILES string of the molecule is Cc1ccc(C)c(CN2CCCN(c3cccc(NC(=O)C4CC4)c3)C2=O)c1. The number of nitrogens with zero attached hydrogens (tertiary/aromatic N) is 2. The third-order valence-electron chi connectivity index (χ3n) is 5.55. The molecular weight excluding hydrogens is 350 g/mol. The summed E-state index contributed by atoms with van der Waals surface area (Å²) in [6.07, 6.45) is 2.88. The molecule has 4 rings (SSSR count). The molecule has 1 aliphatic carbocycles. The van der Waals surface area contributed by atoms with Gasteiger partial charge < -0.3 is 10.2 Å². The molecule has 0 radical (unpaired) electrons. The lowest BCUT2D eigenvalue weighted by Crippen LogP contribution is -2.49. The molecule has 5 heteroatoms. The first kappa shape index (κ1) is 18.5. The zero-order valence-electron chi connectivity index (χ0n) is 16.6. The minimum Gasteiger partial charge on any atom is -0.326 e. The molecule has 0 unspecified atom stereocenters. The van der Waals surface area contributed by atoms with Gasteiger partial charge in [0, 0.05) is 36.9 Å². The molecule has 0 atom stereocenters. The summed E-state index contributed by atoms with van der Waals surface area (Å²) >= 11 is 0. The number of hydrogen-bond donors (Lipinski definition) is 1. The summed E-state index contributed by atoms with van der Waals surface area (Å²) in [6, 6.07) is 14.0. The summed E-state index contributed by atoms with van der Waals surface area (Å²) in [5.74, 6) is 0.243. The van der Waals surface area contributed by atoms with Gasteiger partial charge in [0.15, 0.2) is 0 Å². The highest BCUT2D eigenvalue weighted by atomic mass is 16.2. The molecule has 146 valence electrons. The van der Waals surface area contributed by atoms with Crippen LogP contribution in [0, 0.1) is 19.8 Å². The quantitative estimate of drug-likeness (QED) is 0.835. The molecule has 2 aromatic rings. The molecule has 0 spiro atoms. The summed E-state index contributed by atoms with van der Waals surface area (Å²) in [7, 11) is 0. The van der Waals surface area contributed by atoms with E-state index in [2.05, 4.69) is 37.4 Å². The van der Waals surface area contributed by atoms with Crippen molar-refractivity contribution < 1.29 is 9.59 Å². The first-order valence-corrected chi connectivity index (χ1v) is 10.0. The van der Waals surface area contributed by atoms with Gasteiger partial charge in [0.2, 0.25) is 5.91 Å². The molecule has 1 aliphatic heterocycles. The van der Waals surface area contributed by atoms with Crippen molar-refractivity contribution in [1.82, 2.24) is 4.90 Å². The van der Waals surface area contributed by atoms with Crippen LogP contribution in [-0.2, 0) is 11.3 Å². The summed E-state index contributed by atoms with van der Waals surface area (Å²) < 4.78 is 0. The number of rotatable bonds is 5. The number of nitrogens with one attached hydrogen (secondary N) is 1. The second kappa shape index (κ2) is 7.66. The maximum absolute atomic E-state index is 13.1. The van der Waals surface area contributed by atoms with E-state index in [1.165, 1.54) is 16.7 Å². The van der Waals surface area contributed by atoms with Crippen LogP contribution in [0.1, 0.15) is 36.0 Å². The number of hydrogen-bond acceptors (Lipinski definition) is 2. The highest BCUT2D eigenvalue weighted by Gasteiger charge is 2.30. The Morgan fingerprint density at radius 2 is 1.93 bits per heavy atom. The minimum absolute atomic E-state index is 0.0258. The van der Waals surface area contributed by atoms with Crippen molar-refractivity contribution in [2.45, 2.75) is 39.7 Å². The van der Waals surface area contributed by atoms with Gasteiger partial charge in [-0.3, -0.25) is 9.69 Å². The standard InChI is InChI=1S/C23H27N3O2/c1-16-7-8-17(2)19(13-16)15-25-11-4-12-26(23(25)28)21-6-3-5-20(14-21)24-22(27)18-9-10-18/h3,5-8,13-14,18H,4,9-12,15H2,1-2H3,(H,24,27). The first-order valence-electron chi connectivity index (χ1n) is 10.0. The van der Waals surface area contributed by atoms with Crippen molar-refractivity contribution >= 4 is 23.3 Å². The highest BCUT2D eigenvalue weighted by molar-refractivity contribution is 5.96. The summed E-state index contributed by atoms with van der Waals surface area (Å²) in [6.45, 7) is 6.26. The number of amides is 3. The lowest BCUT2D eigenvalue weighted by atomic mass is 10.0. The molecule has 1 saturated heterocycles. The van der Waals surface area contributed by atoms with Crippen molar-refractivity contribution in [3.63, 3.8) is 0 Å². The Morgan fingerprint density at radius 1 is 1.11 bits per heavy atom. The monoisotopic (exact) mass is 377 g/mol. The topological polar surface area (TPSA) is 52.6 Å². The van der Waals surface area contributed by atoms with E-state index in [4.69, 9.17) is 0 Å². The fraction of sp³-hybridized carbons (Fsp3) is 0.391. The van der Waals surface area contributed by atoms with Crippen LogP contribution in [-0.4, -0.2) is 29.9 Å². The van der Waals surface area contributed by atoms with Gasteiger partial charge >= 0.3 is 6.03 Å². The maximum Gasteiger partial charge on any atom is 0.324 e. The van der Waals surface area contributed by atoms with Gasteiger partial charge in [0.25, 0.3) is 0 Å². The van der Waals surface area contributed by atoms with E-state index in [0.717, 1.165) is 37.2 Å². The first-order chi connectivity index (χ1) is 13.5. The lowest BCUT2D eigenvalue weighted by molar-refractivity contribution is -0.117. The van der Waals surface area contributed by atoms with E-state index in [1.54, 1.807) is 0 Å². The Bertz CT molecular complexity index is 904. The molecule has 28 heavy (non-hydrogen) atoms. The second-order valence-electron chi connectivity index (χ2n) is 7.95. The van der Waals surface area contributed by atoms with E-state index in [1.807, 2.05) is 34.1 Å². The number of carbonyl (C=O) groups is 2. The number of benzene rings is 2. The number of carbonyl (C=O) groups excluding carboxylic acids is 2. The molecule has 1 N–H and O–H groups in total.